The van der Waals surface area contributed by atoms with Crippen molar-refractivity contribution in [1.82, 2.24) is 20.1 Å². The van der Waals surface area contributed by atoms with Gasteiger partial charge in [-0.3, -0.25) is 5.10 Å². The lowest BCUT2D eigenvalue weighted by Gasteiger charge is -2.30. The zero-order chi connectivity index (χ0) is 13.8. The highest BCUT2D eigenvalue weighted by Crippen LogP contribution is 2.26. The van der Waals surface area contributed by atoms with Crippen molar-refractivity contribution < 1.29 is 0 Å². The third kappa shape index (κ3) is 2.89. The molecule has 0 atom stereocenters. The van der Waals surface area contributed by atoms with Crippen molar-refractivity contribution in [1.29, 1.82) is 0 Å². The first-order chi connectivity index (χ1) is 9.86. The largest absolute Gasteiger partial charge is 0.329 e. The molecule has 3 N–H and O–H groups in total. The van der Waals surface area contributed by atoms with Crippen LogP contribution in [0.4, 0.5) is 0 Å². The maximum absolute atomic E-state index is 5.60. The molecule has 0 aliphatic carbocycles. The summed E-state index contributed by atoms with van der Waals surface area (Å²) in [5.41, 5.74) is 6.67. The smallest absolute Gasteiger partial charge is 0.181 e. The van der Waals surface area contributed by atoms with E-state index in [0.29, 0.717) is 5.92 Å². The number of likely N-dealkylation sites (tertiary alicyclic amines) is 1. The molecule has 2 aromatic rings. The molecule has 1 aliphatic heterocycles. The van der Waals surface area contributed by atoms with Crippen molar-refractivity contribution in [2.45, 2.75) is 18.8 Å². The standard InChI is InChI=1S/C15H21N5/c16-8-11-20-9-6-13(7-10-20)15-17-14(18-19-15)12-4-2-1-3-5-12/h1-5,13H,6-11,16H2,(H,17,18,19). The molecule has 0 radical (unpaired) electrons. The van der Waals surface area contributed by atoms with Gasteiger partial charge in [-0.05, 0) is 25.9 Å². The normalized spacial score (nSPS) is 17.4. The van der Waals surface area contributed by atoms with E-state index < -0.39 is 0 Å². The van der Waals surface area contributed by atoms with Gasteiger partial charge in [0, 0.05) is 24.6 Å². The molecule has 0 amide bonds. The van der Waals surface area contributed by atoms with Crippen LogP contribution in [0.15, 0.2) is 30.3 Å². The van der Waals surface area contributed by atoms with Crippen LogP contribution in [-0.2, 0) is 0 Å². The Balaban J connectivity index is 1.66. The number of aromatic nitrogens is 3. The fourth-order valence-electron chi connectivity index (χ4n) is 2.79. The molecule has 1 aliphatic rings. The van der Waals surface area contributed by atoms with Crippen LogP contribution in [-0.4, -0.2) is 46.3 Å². The van der Waals surface area contributed by atoms with Crippen molar-refractivity contribution in [3.8, 4) is 11.4 Å². The van der Waals surface area contributed by atoms with Gasteiger partial charge < -0.3 is 10.6 Å². The average Bonchev–Trinajstić information content (AvgIpc) is 2.99. The lowest BCUT2D eigenvalue weighted by Crippen LogP contribution is -2.36. The second kappa shape index (κ2) is 6.15. The molecule has 5 nitrogen and oxygen atoms in total. The number of hydrogen-bond acceptors (Lipinski definition) is 4. The van der Waals surface area contributed by atoms with E-state index in [2.05, 4.69) is 20.1 Å². The minimum absolute atomic E-state index is 0.494. The molecule has 0 unspecified atom stereocenters. The Morgan fingerprint density at radius 1 is 1.20 bits per heavy atom. The fraction of sp³-hybridized carbons (Fsp3) is 0.467. The molecule has 20 heavy (non-hydrogen) atoms. The zero-order valence-electron chi connectivity index (χ0n) is 11.6. The zero-order valence-corrected chi connectivity index (χ0v) is 11.6. The quantitative estimate of drug-likeness (QED) is 0.886. The summed E-state index contributed by atoms with van der Waals surface area (Å²) in [7, 11) is 0. The van der Waals surface area contributed by atoms with E-state index in [1.807, 2.05) is 30.3 Å². The van der Waals surface area contributed by atoms with E-state index in [9.17, 15) is 0 Å². The van der Waals surface area contributed by atoms with E-state index in [4.69, 9.17) is 5.73 Å². The molecule has 1 saturated heterocycles. The predicted molar refractivity (Wildman–Crippen MR) is 79.3 cm³/mol. The topological polar surface area (TPSA) is 70.8 Å². The Labute approximate surface area is 119 Å². The van der Waals surface area contributed by atoms with E-state index >= 15 is 0 Å². The molecule has 2 heterocycles. The monoisotopic (exact) mass is 271 g/mol. The van der Waals surface area contributed by atoms with Gasteiger partial charge in [-0.1, -0.05) is 30.3 Å². The minimum atomic E-state index is 0.494. The van der Waals surface area contributed by atoms with E-state index in [0.717, 1.165) is 56.2 Å². The van der Waals surface area contributed by atoms with Crippen molar-refractivity contribution in [3.63, 3.8) is 0 Å². The highest BCUT2D eigenvalue weighted by atomic mass is 15.2. The lowest BCUT2D eigenvalue weighted by molar-refractivity contribution is 0.214. The van der Waals surface area contributed by atoms with Crippen LogP contribution in [0.1, 0.15) is 24.6 Å². The number of nitrogens with two attached hydrogens (primary N) is 1. The summed E-state index contributed by atoms with van der Waals surface area (Å²) in [6, 6.07) is 10.1. The van der Waals surface area contributed by atoms with Crippen molar-refractivity contribution in [2.75, 3.05) is 26.2 Å². The van der Waals surface area contributed by atoms with Crippen LogP contribution in [0.5, 0.6) is 0 Å². The summed E-state index contributed by atoms with van der Waals surface area (Å²) >= 11 is 0. The molecule has 0 bridgehead atoms. The number of nitrogens with zero attached hydrogens (tertiary/aromatic N) is 3. The first-order valence-corrected chi connectivity index (χ1v) is 7.27. The Hall–Kier alpha value is -1.72. The molecule has 0 spiro atoms. The molecular formula is C15H21N5. The van der Waals surface area contributed by atoms with Crippen LogP contribution in [0.25, 0.3) is 11.4 Å². The average molecular weight is 271 g/mol. The number of nitrogens with one attached hydrogen (secondary N) is 1. The van der Waals surface area contributed by atoms with E-state index in [-0.39, 0.29) is 0 Å². The second-order valence-corrected chi connectivity index (χ2v) is 5.31. The molecular weight excluding hydrogens is 250 g/mol. The first-order valence-electron chi connectivity index (χ1n) is 7.27. The van der Waals surface area contributed by atoms with Crippen LogP contribution < -0.4 is 5.73 Å². The summed E-state index contributed by atoms with van der Waals surface area (Å²) in [5, 5.41) is 7.46. The highest BCUT2D eigenvalue weighted by Gasteiger charge is 2.23. The van der Waals surface area contributed by atoms with E-state index in [1.54, 1.807) is 0 Å². The van der Waals surface area contributed by atoms with Gasteiger partial charge in [-0.2, -0.15) is 5.10 Å². The minimum Gasteiger partial charge on any atom is -0.329 e. The number of hydrogen-bond donors (Lipinski definition) is 2. The van der Waals surface area contributed by atoms with Gasteiger partial charge in [0.2, 0.25) is 0 Å². The van der Waals surface area contributed by atoms with Crippen molar-refractivity contribution >= 4 is 0 Å². The highest BCUT2D eigenvalue weighted by molar-refractivity contribution is 5.53. The van der Waals surface area contributed by atoms with Crippen LogP contribution in [0.3, 0.4) is 0 Å². The van der Waals surface area contributed by atoms with Gasteiger partial charge in [-0.25, -0.2) is 4.98 Å². The SMILES string of the molecule is NCCN1CCC(c2nc(-c3ccccc3)n[nH]2)CC1. The molecule has 1 aromatic carbocycles. The number of rotatable bonds is 4. The van der Waals surface area contributed by atoms with Crippen LogP contribution in [0, 0.1) is 0 Å². The van der Waals surface area contributed by atoms with Gasteiger partial charge in [0.25, 0.3) is 0 Å². The third-order valence-electron chi connectivity index (χ3n) is 3.95. The van der Waals surface area contributed by atoms with Crippen LogP contribution in [0.2, 0.25) is 0 Å². The molecule has 1 fully saturated rings. The molecule has 106 valence electrons. The molecule has 1 aromatic heterocycles. The summed E-state index contributed by atoms with van der Waals surface area (Å²) in [5.74, 6) is 2.32. The lowest BCUT2D eigenvalue weighted by atomic mass is 9.96. The number of aromatic amines is 1. The number of piperidine rings is 1. The van der Waals surface area contributed by atoms with Gasteiger partial charge >= 0.3 is 0 Å². The second-order valence-electron chi connectivity index (χ2n) is 5.31. The fourth-order valence-corrected chi connectivity index (χ4v) is 2.79. The van der Waals surface area contributed by atoms with E-state index in [1.165, 1.54) is 0 Å². The summed E-state index contributed by atoms with van der Waals surface area (Å²) in [6.07, 6.45) is 2.26. The molecule has 3 rings (SSSR count). The summed E-state index contributed by atoms with van der Waals surface area (Å²) in [6.45, 7) is 3.94. The Morgan fingerprint density at radius 3 is 2.65 bits per heavy atom. The van der Waals surface area contributed by atoms with Crippen molar-refractivity contribution in [2.24, 2.45) is 5.73 Å². The van der Waals surface area contributed by atoms with Gasteiger partial charge in [0.15, 0.2) is 5.82 Å². The predicted octanol–water partition coefficient (Wildman–Crippen LogP) is 1.61. The van der Waals surface area contributed by atoms with Gasteiger partial charge in [0.05, 0.1) is 0 Å². The summed E-state index contributed by atoms with van der Waals surface area (Å²) < 4.78 is 0. The summed E-state index contributed by atoms with van der Waals surface area (Å²) in [4.78, 5) is 7.09. The number of benzene rings is 1. The van der Waals surface area contributed by atoms with Crippen molar-refractivity contribution in [3.05, 3.63) is 36.2 Å². The Morgan fingerprint density at radius 2 is 1.95 bits per heavy atom. The Bertz CT molecular complexity index is 528. The van der Waals surface area contributed by atoms with Gasteiger partial charge in [-0.15, -0.1) is 0 Å². The number of H-pyrrole nitrogens is 1. The maximum atomic E-state index is 5.60. The first kappa shape index (κ1) is 13.3. The molecule has 5 heteroatoms. The Kier molecular flexibility index (Phi) is 4.08. The van der Waals surface area contributed by atoms with Gasteiger partial charge in [0.1, 0.15) is 5.82 Å². The van der Waals surface area contributed by atoms with Crippen LogP contribution >= 0.6 is 0 Å². The third-order valence-corrected chi connectivity index (χ3v) is 3.95. The maximum Gasteiger partial charge on any atom is 0.181 e. The molecule has 0 saturated carbocycles.